The minimum atomic E-state index is -0.617. The van der Waals surface area contributed by atoms with Gasteiger partial charge in [-0.1, -0.05) is 19.8 Å². The van der Waals surface area contributed by atoms with Gasteiger partial charge in [-0.25, -0.2) is 0 Å². The quantitative estimate of drug-likeness (QED) is 0.530. The highest BCUT2D eigenvalue weighted by atomic mass is 32.1. The number of nitrogens with zero attached hydrogens (tertiary/aromatic N) is 1. The second kappa shape index (κ2) is 12.0. The molecule has 28 heavy (non-hydrogen) atoms. The molecule has 2 aromatic heterocycles. The lowest BCUT2D eigenvalue weighted by Crippen LogP contribution is -2.44. The maximum Gasteiger partial charge on any atom is 0.246 e. The van der Waals surface area contributed by atoms with E-state index < -0.39 is 6.04 Å². The van der Waals surface area contributed by atoms with Gasteiger partial charge in [0.1, 0.15) is 11.8 Å². The monoisotopic (exact) mass is 401 g/mol. The molecule has 2 amide bonds. The Kier molecular flexibility index (Phi) is 9.34. The van der Waals surface area contributed by atoms with Crippen molar-refractivity contribution in [2.24, 2.45) is 0 Å². The van der Waals surface area contributed by atoms with E-state index in [0.717, 1.165) is 24.8 Å². The van der Waals surface area contributed by atoms with E-state index in [0.29, 0.717) is 24.9 Å². The Bertz CT molecular complexity index is 748. The number of hydrogen-bond acceptors (Lipinski definition) is 5. The molecule has 0 radical (unpaired) electrons. The number of aromatic nitrogens is 1. The van der Waals surface area contributed by atoms with Crippen molar-refractivity contribution in [1.29, 1.82) is 0 Å². The molecule has 2 rings (SSSR count). The number of carbonyl (C=O) groups excluding carboxylic acids is 3. The van der Waals surface area contributed by atoms with Crippen LogP contribution < -0.4 is 10.6 Å². The third kappa shape index (κ3) is 8.00. The van der Waals surface area contributed by atoms with Crippen LogP contribution in [-0.2, 0) is 20.8 Å². The topological polar surface area (TPSA) is 88.2 Å². The lowest BCUT2D eigenvalue weighted by molar-refractivity contribution is -0.126. The first-order valence-electron chi connectivity index (χ1n) is 9.61. The fourth-order valence-electron chi connectivity index (χ4n) is 2.78. The van der Waals surface area contributed by atoms with Crippen molar-refractivity contribution in [2.75, 3.05) is 5.32 Å². The summed E-state index contributed by atoms with van der Waals surface area (Å²) in [6, 6.07) is 4.78. The Morgan fingerprint density at radius 2 is 2.04 bits per heavy atom. The molecule has 0 aliphatic rings. The van der Waals surface area contributed by atoms with E-state index in [1.807, 2.05) is 23.8 Å². The van der Waals surface area contributed by atoms with E-state index in [1.165, 1.54) is 11.3 Å². The first kappa shape index (κ1) is 21.8. The Morgan fingerprint density at radius 1 is 1.18 bits per heavy atom. The Labute approximate surface area is 169 Å². The minimum Gasteiger partial charge on any atom is -0.344 e. The predicted molar refractivity (Wildman–Crippen MR) is 111 cm³/mol. The summed E-state index contributed by atoms with van der Waals surface area (Å²) in [6.45, 7) is 1.87. The average molecular weight is 402 g/mol. The van der Waals surface area contributed by atoms with Gasteiger partial charge < -0.3 is 10.6 Å². The van der Waals surface area contributed by atoms with Gasteiger partial charge in [-0.2, -0.15) is 11.3 Å². The van der Waals surface area contributed by atoms with E-state index in [-0.39, 0.29) is 24.0 Å². The predicted octanol–water partition coefficient (Wildman–Crippen LogP) is 3.74. The number of hydrogen-bond donors (Lipinski definition) is 2. The van der Waals surface area contributed by atoms with Crippen molar-refractivity contribution in [1.82, 2.24) is 10.3 Å². The fourth-order valence-corrected chi connectivity index (χ4v) is 3.45. The van der Waals surface area contributed by atoms with Crippen LogP contribution in [0.1, 0.15) is 51.0 Å². The van der Waals surface area contributed by atoms with Crippen LogP contribution in [0.15, 0.2) is 41.4 Å². The summed E-state index contributed by atoms with van der Waals surface area (Å²) in [5.74, 6) is -0.169. The van der Waals surface area contributed by atoms with Gasteiger partial charge in [0.25, 0.3) is 0 Å². The molecule has 2 heterocycles. The van der Waals surface area contributed by atoms with Crippen LogP contribution in [0.4, 0.5) is 5.69 Å². The highest BCUT2D eigenvalue weighted by molar-refractivity contribution is 7.08. The summed E-state index contributed by atoms with van der Waals surface area (Å²) in [4.78, 5) is 40.4. The van der Waals surface area contributed by atoms with Crippen LogP contribution in [0.5, 0.6) is 0 Å². The molecule has 0 fully saturated rings. The number of ketones is 1. The van der Waals surface area contributed by atoms with Gasteiger partial charge in [-0.3, -0.25) is 19.4 Å². The second-order valence-corrected chi connectivity index (χ2v) is 7.43. The number of carbonyl (C=O) groups is 3. The molecule has 2 aromatic rings. The third-order valence-corrected chi connectivity index (χ3v) is 5.10. The van der Waals surface area contributed by atoms with Crippen molar-refractivity contribution in [3.8, 4) is 0 Å². The number of nitrogens with one attached hydrogen (secondary N) is 2. The van der Waals surface area contributed by atoms with Gasteiger partial charge in [0.05, 0.1) is 18.3 Å². The molecule has 0 unspecified atom stereocenters. The first-order chi connectivity index (χ1) is 13.6. The van der Waals surface area contributed by atoms with E-state index in [2.05, 4.69) is 15.6 Å². The summed E-state index contributed by atoms with van der Waals surface area (Å²) >= 11 is 1.54. The molecule has 7 heteroatoms. The van der Waals surface area contributed by atoms with Crippen LogP contribution in [-0.4, -0.2) is 28.6 Å². The molecule has 0 saturated heterocycles. The van der Waals surface area contributed by atoms with Crippen molar-refractivity contribution < 1.29 is 14.4 Å². The molecule has 6 nitrogen and oxygen atoms in total. The molecule has 2 N–H and O–H groups in total. The van der Waals surface area contributed by atoms with Crippen molar-refractivity contribution in [3.63, 3.8) is 0 Å². The van der Waals surface area contributed by atoms with Gasteiger partial charge in [-0.15, -0.1) is 0 Å². The zero-order valence-electron chi connectivity index (χ0n) is 16.1. The highest BCUT2D eigenvalue weighted by Gasteiger charge is 2.21. The van der Waals surface area contributed by atoms with E-state index in [4.69, 9.17) is 0 Å². The third-order valence-electron chi connectivity index (χ3n) is 4.37. The molecule has 0 saturated carbocycles. The standard InChI is InChI=1S/C21H27N3O3S/c1-2-18(25)8-4-3-5-9-19(21(27)23-17-7-6-11-22-14-17)24-20(26)13-16-10-12-28-15-16/h6-7,10-12,14-15,19H,2-5,8-9,13H2,1H3,(H,23,27)(H,24,26)/t19-/m0/s1. The summed E-state index contributed by atoms with van der Waals surface area (Å²) in [5, 5.41) is 9.51. The van der Waals surface area contributed by atoms with Gasteiger partial charge >= 0.3 is 0 Å². The van der Waals surface area contributed by atoms with Gasteiger partial charge in [-0.05, 0) is 47.4 Å². The van der Waals surface area contributed by atoms with Gasteiger partial charge in [0.15, 0.2) is 0 Å². The average Bonchev–Trinajstić information content (AvgIpc) is 3.20. The zero-order valence-corrected chi connectivity index (χ0v) is 17.0. The van der Waals surface area contributed by atoms with E-state index in [1.54, 1.807) is 24.5 Å². The molecule has 1 atom stereocenters. The summed E-state index contributed by atoms with van der Waals surface area (Å²) < 4.78 is 0. The SMILES string of the molecule is CCC(=O)CCCCC[C@H](NC(=O)Cc1ccsc1)C(=O)Nc1cccnc1. The summed E-state index contributed by atoms with van der Waals surface area (Å²) in [6.07, 6.45) is 7.55. The van der Waals surface area contributed by atoms with Crippen LogP contribution in [0.2, 0.25) is 0 Å². The van der Waals surface area contributed by atoms with Crippen molar-refractivity contribution in [2.45, 2.75) is 57.9 Å². The van der Waals surface area contributed by atoms with Gasteiger partial charge in [0.2, 0.25) is 11.8 Å². The molecule has 0 spiro atoms. The summed E-state index contributed by atoms with van der Waals surface area (Å²) in [7, 11) is 0. The molecule has 150 valence electrons. The smallest absolute Gasteiger partial charge is 0.246 e. The van der Waals surface area contributed by atoms with Crippen LogP contribution >= 0.6 is 11.3 Å². The number of amides is 2. The van der Waals surface area contributed by atoms with Crippen molar-refractivity contribution in [3.05, 3.63) is 46.9 Å². The molecular weight excluding hydrogens is 374 g/mol. The largest absolute Gasteiger partial charge is 0.344 e. The number of anilines is 1. The van der Waals surface area contributed by atoms with Crippen LogP contribution in [0.25, 0.3) is 0 Å². The zero-order chi connectivity index (χ0) is 20.2. The second-order valence-electron chi connectivity index (χ2n) is 6.65. The minimum absolute atomic E-state index is 0.175. The van der Waals surface area contributed by atoms with Crippen molar-refractivity contribution >= 4 is 34.6 Å². The number of unbranched alkanes of at least 4 members (excludes halogenated alkanes) is 2. The first-order valence-corrected chi connectivity index (χ1v) is 10.6. The maximum absolute atomic E-state index is 12.7. The van der Waals surface area contributed by atoms with E-state index >= 15 is 0 Å². The lowest BCUT2D eigenvalue weighted by atomic mass is 10.0. The molecule has 0 aliphatic heterocycles. The Hall–Kier alpha value is -2.54. The van der Waals surface area contributed by atoms with Gasteiger partial charge in [0, 0.05) is 19.0 Å². The number of rotatable bonds is 12. The Balaban J connectivity index is 1.89. The summed E-state index contributed by atoms with van der Waals surface area (Å²) in [5.41, 5.74) is 1.53. The molecule has 0 bridgehead atoms. The number of Topliss-reactive ketones (excluding diaryl/α,β-unsaturated/α-hetero) is 1. The lowest BCUT2D eigenvalue weighted by Gasteiger charge is -2.18. The molecule has 0 aromatic carbocycles. The number of thiophene rings is 1. The molecule has 0 aliphatic carbocycles. The van der Waals surface area contributed by atoms with E-state index in [9.17, 15) is 14.4 Å². The normalized spacial score (nSPS) is 11.6. The maximum atomic E-state index is 12.7. The Morgan fingerprint density at radius 3 is 2.71 bits per heavy atom. The van der Waals surface area contributed by atoms with Crippen LogP contribution in [0.3, 0.4) is 0 Å². The molecular formula is C21H27N3O3S. The fraction of sp³-hybridized carbons (Fsp3) is 0.429. The highest BCUT2D eigenvalue weighted by Crippen LogP contribution is 2.11. The van der Waals surface area contributed by atoms with Crippen LogP contribution in [0, 0.1) is 0 Å². The number of pyridine rings is 1.